The maximum absolute atomic E-state index is 10.2. The molecule has 80 valence electrons. The summed E-state index contributed by atoms with van der Waals surface area (Å²) in [6.45, 7) is 0. The van der Waals surface area contributed by atoms with Gasteiger partial charge in [0.05, 0.1) is 11.9 Å². The Morgan fingerprint density at radius 3 is 1.38 bits per heavy atom. The van der Waals surface area contributed by atoms with Crippen molar-refractivity contribution in [2.45, 2.75) is 19.3 Å². The van der Waals surface area contributed by atoms with E-state index in [1.54, 1.807) is 0 Å². The molecule has 1 fully saturated rings. The first-order valence-electron chi connectivity index (χ1n) is 3.02. The van der Waals surface area contributed by atoms with Crippen LogP contribution in [0, 0.1) is 5.41 Å². The first-order chi connectivity index (χ1) is 4.59. The van der Waals surface area contributed by atoms with Gasteiger partial charge in [0.1, 0.15) is 0 Å². The third kappa shape index (κ3) is 2.76. The summed E-state index contributed by atoms with van der Waals surface area (Å²) in [5, 5.41) is 20.4. The van der Waals surface area contributed by atoms with E-state index in [4.69, 9.17) is 0 Å². The van der Waals surface area contributed by atoms with E-state index < -0.39 is 17.4 Å². The molecule has 0 radical (unpaired) electrons. The van der Waals surface area contributed by atoms with E-state index in [1.165, 1.54) is 0 Å². The summed E-state index contributed by atoms with van der Waals surface area (Å²) < 4.78 is 0. The van der Waals surface area contributed by atoms with Crippen molar-refractivity contribution in [3.8, 4) is 0 Å². The number of carbonyl (C=O) groups excluding carboxylic acids is 2. The summed E-state index contributed by atoms with van der Waals surface area (Å²) >= 11 is 0. The Labute approximate surface area is 89.5 Å². The molecule has 0 aliphatic heterocycles. The molecule has 6 N–H and O–H groups in total. The van der Waals surface area contributed by atoms with Crippen LogP contribution >= 0.6 is 0 Å². The van der Waals surface area contributed by atoms with Gasteiger partial charge < -0.3 is 31.4 Å². The minimum Gasteiger partial charge on any atom is -0.549 e. The second kappa shape index (κ2) is 6.07. The molecule has 1 rings (SSSR count). The maximum Gasteiger partial charge on any atom is 2.00 e. The van der Waals surface area contributed by atoms with Crippen LogP contribution in [0.1, 0.15) is 19.3 Å². The fourth-order valence-corrected chi connectivity index (χ4v) is 1.02. The van der Waals surface area contributed by atoms with Crippen molar-refractivity contribution in [1.82, 2.24) is 6.15 Å². The van der Waals surface area contributed by atoms with Crippen molar-refractivity contribution >= 4 is 11.9 Å². The zero-order chi connectivity index (χ0) is 7.78. The molecule has 0 atom stereocenters. The Balaban J connectivity index is -0.000000333. The SMILES string of the molecule is N.O=C([O-])C1(C(=O)[O-])CCC1.[OH3+].[Pt+2]. The van der Waals surface area contributed by atoms with E-state index in [9.17, 15) is 19.8 Å². The average Bonchev–Trinajstić information content (AvgIpc) is 1.57. The minimum atomic E-state index is -1.67. The number of rotatable bonds is 2. The molecular weight excluding hydrogens is 361 g/mol. The van der Waals surface area contributed by atoms with E-state index in [0.717, 1.165) is 0 Å². The van der Waals surface area contributed by atoms with Gasteiger partial charge in [-0.25, -0.2) is 0 Å². The van der Waals surface area contributed by atoms with Gasteiger partial charge in [-0.3, -0.25) is 0 Å². The van der Waals surface area contributed by atoms with Gasteiger partial charge in [-0.05, 0) is 12.8 Å². The molecule has 0 heterocycles. The van der Waals surface area contributed by atoms with Crippen molar-refractivity contribution in [2.24, 2.45) is 5.41 Å². The van der Waals surface area contributed by atoms with Crippen molar-refractivity contribution in [1.29, 1.82) is 0 Å². The van der Waals surface area contributed by atoms with Crippen LogP contribution in [0.3, 0.4) is 0 Å². The Morgan fingerprint density at radius 1 is 1.08 bits per heavy atom. The van der Waals surface area contributed by atoms with Gasteiger partial charge in [0.15, 0.2) is 0 Å². The summed E-state index contributed by atoms with van der Waals surface area (Å²) in [7, 11) is 0. The number of hydrogen-bond donors (Lipinski definition) is 1. The standard InChI is InChI=1S/C6H8O4.H3N.H2O.Pt/c7-4(8)6(5(9)10)2-1-3-6;;;/h1-3H2,(H,7,8)(H,9,10);1H3;1H2;/q;;;+2/p-1. The number of carboxylic acids is 2. The molecule has 0 bridgehead atoms. The second-order valence-corrected chi connectivity index (χ2v) is 2.51. The Kier molecular flexibility index (Phi) is 8.57. The molecule has 0 saturated heterocycles. The number of aliphatic carboxylic acids is 2. The summed E-state index contributed by atoms with van der Waals surface area (Å²) in [4.78, 5) is 20.4. The quantitative estimate of drug-likeness (QED) is 0.402. The van der Waals surface area contributed by atoms with Crippen LogP contribution in [0.15, 0.2) is 0 Å². The van der Waals surface area contributed by atoms with Crippen LogP contribution in [-0.2, 0) is 36.1 Å². The van der Waals surface area contributed by atoms with E-state index >= 15 is 0 Å². The van der Waals surface area contributed by atoms with Crippen LogP contribution in [0.4, 0.5) is 0 Å². The molecule has 0 aromatic rings. The first kappa shape index (κ1) is 18.4. The first-order valence-corrected chi connectivity index (χ1v) is 3.02. The van der Waals surface area contributed by atoms with Crippen LogP contribution in [0.5, 0.6) is 0 Å². The normalized spacial score (nSPS) is 16.3. The molecule has 1 aliphatic carbocycles. The zero-order valence-electron chi connectivity index (χ0n) is 6.85. The third-order valence-corrected chi connectivity index (χ3v) is 1.99. The topological polar surface area (TPSA) is 148 Å². The van der Waals surface area contributed by atoms with Crippen molar-refractivity contribution in [2.75, 3.05) is 0 Å². The number of hydrogen-bond acceptors (Lipinski definition) is 5. The van der Waals surface area contributed by atoms with Crippen LogP contribution < -0.4 is 16.4 Å². The molecule has 0 amide bonds. The van der Waals surface area contributed by atoms with Crippen LogP contribution in [-0.4, -0.2) is 11.9 Å². The second-order valence-electron chi connectivity index (χ2n) is 2.51. The molecule has 13 heavy (non-hydrogen) atoms. The smallest absolute Gasteiger partial charge is 0.549 e. The number of carboxylic acid groups (broad SMARTS) is 2. The van der Waals surface area contributed by atoms with Gasteiger partial charge in [-0.2, -0.15) is 0 Å². The molecule has 0 aromatic carbocycles. The fraction of sp³-hybridized carbons (Fsp3) is 0.667. The van der Waals surface area contributed by atoms with Crippen molar-refractivity contribution in [3.05, 3.63) is 0 Å². The summed E-state index contributed by atoms with van der Waals surface area (Å²) in [6.07, 6.45) is 0.928. The predicted octanol–water partition coefficient (Wildman–Crippen LogP) is -3.11. The Morgan fingerprint density at radius 2 is 1.38 bits per heavy atom. The molecule has 7 heteroatoms. The predicted molar refractivity (Wildman–Crippen MR) is 36.2 cm³/mol. The van der Waals surface area contributed by atoms with Gasteiger partial charge in [-0.15, -0.1) is 0 Å². The minimum absolute atomic E-state index is 0. The van der Waals surface area contributed by atoms with Gasteiger partial charge in [0.2, 0.25) is 0 Å². The molecule has 6 nitrogen and oxygen atoms in total. The third-order valence-electron chi connectivity index (χ3n) is 1.99. The molecule has 0 aromatic heterocycles. The van der Waals surface area contributed by atoms with Gasteiger partial charge >= 0.3 is 21.1 Å². The van der Waals surface area contributed by atoms with E-state index in [0.29, 0.717) is 6.42 Å². The number of carbonyl (C=O) groups is 2. The molecule has 1 aliphatic rings. The molecule has 1 saturated carbocycles. The van der Waals surface area contributed by atoms with E-state index in [-0.39, 0.29) is 45.5 Å². The van der Waals surface area contributed by atoms with E-state index in [2.05, 4.69) is 0 Å². The summed E-state index contributed by atoms with van der Waals surface area (Å²) in [6, 6.07) is 0. The molecule has 0 unspecified atom stereocenters. The average molecular weight is 373 g/mol. The van der Waals surface area contributed by atoms with Crippen LogP contribution in [0.25, 0.3) is 0 Å². The summed E-state index contributed by atoms with van der Waals surface area (Å²) in [5.41, 5.74) is -1.67. The Hall–Kier alpha value is -0.452. The zero-order valence-corrected chi connectivity index (χ0v) is 9.13. The van der Waals surface area contributed by atoms with Crippen molar-refractivity contribution < 1.29 is 46.3 Å². The van der Waals surface area contributed by atoms with Crippen LogP contribution in [0.2, 0.25) is 0 Å². The maximum atomic E-state index is 10.2. The fourth-order valence-electron chi connectivity index (χ4n) is 1.02. The van der Waals surface area contributed by atoms with Gasteiger partial charge in [0.25, 0.3) is 0 Å². The Bertz CT molecular complexity index is 175. The van der Waals surface area contributed by atoms with Crippen molar-refractivity contribution in [3.63, 3.8) is 0 Å². The summed E-state index contributed by atoms with van der Waals surface area (Å²) in [5.74, 6) is -3.03. The monoisotopic (exact) mass is 373 g/mol. The van der Waals surface area contributed by atoms with Gasteiger partial charge in [-0.1, -0.05) is 6.42 Å². The largest absolute Gasteiger partial charge is 2.00 e. The van der Waals surface area contributed by atoms with Gasteiger partial charge in [0, 0.05) is 5.41 Å². The van der Waals surface area contributed by atoms with E-state index in [1.807, 2.05) is 0 Å². The molecular formula is C6H12NO5Pt+. The molecule has 0 spiro atoms.